The molecule has 0 saturated heterocycles. The second kappa shape index (κ2) is 7.49. The van der Waals surface area contributed by atoms with E-state index >= 15 is 0 Å². The van der Waals surface area contributed by atoms with Gasteiger partial charge in [-0.1, -0.05) is 33.8 Å². The first-order valence-electron chi connectivity index (χ1n) is 9.54. The van der Waals surface area contributed by atoms with Gasteiger partial charge in [0.1, 0.15) is 17.5 Å². The highest BCUT2D eigenvalue weighted by molar-refractivity contribution is 5.91. The Labute approximate surface area is 165 Å². The molecule has 1 N–H and O–H groups in total. The summed E-state index contributed by atoms with van der Waals surface area (Å²) >= 11 is 0. The lowest BCUT2D eigenvalue weighted by Crippen LogP contribution is -2.22. The van der Waals surface area contributed by atoms with Crippen LogP contribution in [0.2, 0.25) is 0 Å². The minimum atomic E-state index is -0.579. The van der Waals surface area contributed by atoms with Crippen LogP contribution in [0.1, 0.15) is 56.9 Å². The highest BCUT2D eigenvalue weighted by Gasteiger charge is 2.29. The molecule has 28 heavy (non-hydrogen) atoms. The van der Waals surface area contributed by atoms with Crippen LogP contribution in [0.4, 0.5) is 20.3 Å². The molecule has 150 valence electrons. The lowest BCUT2D eigenvalue weighted by atomic mass is 9.92. The summed E-state index contributed by atoms with van der Waals surface area (Å²) in [5.74, 6) is -0.451. The van der Waals surface area contributed by atoms with Gasteiger partial charge in [0, 0.05) is 37.1 Å². The van der Waals surface area contributed by atoms with Gasteiger partial charge in [-0.3, -0.25) is 4.79 Å². The predicted molar refractivity (Wildman–Crippen MR) is 107 cm³/mol. The molecule has 0 saturated carbocycles. The van der Waals surface area contributed by atoms with Gasteiger partial charge in [0.2, 0.25) is 5.91 Å². The topological polar surface area (TPSA) is 45.2 Å². The highest BCUT2D eigenvalue weighted by atomic mass is 19.1. The van der Waals surface area contributed by atoms with Crippen molar-refractivity contribution in [2.24, 2.45) is 5.41 Å². The lowest BCUT2D eigenvalue weighted by Gasteiger charge is -2.21. The minimum Gasteiger partial charge on any atom is -0.365 e. The Morgan fingerprint density at radius 2 is 2.00 bits per heavy atom. The average molecular weight is 387 g/mol. The second-order valence-corrected chi connectivity index (χ2v) is 8.86. The molecule has 0 bridgehead atoms. The number of carbonyl (C=O) groups excluding carboxylic acids is 1. The molecule has 1 atom stereocenters. The normalized spacial score (nSPS) is 16.2. The van der Waals surface area contributed by atoms with Gasteiger partial charge in [0.25, 0.3) is 0 Å². The molecule has 0 radical (unpaired) electrons. The zero-order valence-electron chi connectivity index (χ0n) is 17.1. The van der Waals surface area contributed by atoms with Crippen molar-refractivity contribution in [1.82, 2.24) is 4.98 Å². The molecular formula is C22H27F2N3O. The number of anilines is 2. The van der Waals surface area contributed by atoms with E-state index < -0.39 is 11.6 Å². The van der Waals surface area contributed by atoms with Crippen molar-refractivity contribution >= 4 is 17.4 Å². The number of benzene rings is 1. The van der Waals surface area contributed by atoms with Crippen LogP contribution in [-0.2, 0) is 11.3 Å². The van der Waals surface area contributed by atoms with Crippen molar-refractivity contribution in [1.29, 1.82) is 0 Å². The Hall–Kier alpha value is -2.50. The largest absolute Gasteiger partial charge is 0.365 e. The fourth-order valence-corrected chi connectivity index (χ4v) is 3.53. The maximum Gasteiger partial charge on any atom is 0.226 e. The van der Waals surface area contributed by atoms with Gasteiger partial charge in [-0.05, 0) is 30.0 Å². The first kappa shape index (κ1) is 20.2. The molecule has 0 aliphatic carbocycles. The lowest BCUT2D eigenvalue weighted by molar-refractivity contribution is -0.117. The van der Waals surface area contributed by atoms with Crippen molar-refractivity contribution < 1.29 is 13.6 Å². The van der Waals surface area contributed by atoms with Gasteiger partial charge < -0.3 is 10.2 Å². The smallest absolute Gasteiger partial charge is 0.226 e. The molecule has 1 aliphatic heterocycles. The summed E-state index contributed by atoms with van der Waals surface area (Å²) in [6.07, 6.45) is 0.413. The van der Waals surface area contributed by atoms with E-state index in [1.165, 1.54) is 12.1 Å². The number of hydrogen-bond donors (Lipinski definition) is 1. The maximum atomic E-state index is 14.1. The first-order chi connectivity index (χ1) is 13.0. The van der Waals surface area contributed by atoms with Gasteiger partial charge >= 0.3 is 0 Å². The molecule has 6 heteroatoms. The van der Waals surface area contributed by atoms with Crippen LogP contribution in [0.5, 0.6) is 0 Å². The fourth-order valence-electron chi connectivity index (χ4n) is 3.53. The van der Waals surface area contributed by atoms with Crippen molar-refractivity contribution in [3.05, 3.63) is 52.7 Å². The number of fused-ring (bicyclic) bond motifs is 1. The van der Waals surface area contributed by atoms with Crippen molar-refractivity contribution in [2.75, 3.05) is 16.8 Å². The molecule has 0 fully saturated rings. The number of halogens is 2. The van der Waals surface area contributed by atoms with Gasteiger partial charge in [-0.15, -0.1) is 0 Å². The number of hydrogen-bond acceptors (Lipinski definition) is 3. The van der Waals surface area contributed by atoms with E-state index in [-0.39, 0.29) is 17.2 Å². The van der Waals surface area contributed by atoms with Crippen LogP contribution in [0.15, 0.2) is 24.3 Å². The zero-order valence-corrected chi connectivity index (χ0v) is 17.1. The SMILES string of the molecule is Cc1cc2c(nc1NC(=O)CC(C)(C)C)[C@@H](C)CN2Cc1ccc(F)cc1F. The Balaban J connectivity index is 1.83. The van der Waals surface area contributed by atoms with Crippen molar-refractivity contribution in [2.45, 2.75) is 53.5 Å². The average Bonchev–Trinajstić information content (AvgIpc) is 2.84. The van der Waals surface area contributed by atoms with Crippen LogP contribution >= 0.6 is 0 Å². The van der Waals surface area contributed by atoms with E-state index in [0.717, 1.165) is 23.0 Å². The van der Waals surface area contributed by atoms with E-state index in [0.29, 0.717) is 30.9 Å². The molecule has 0 spiro atoms. The number of pyridine rings is 1. The third-order valence-corrected chi connectivity index (χ3v) is 4.85. The zero-order chi connectivity index (χ0) is 20.6. The molecule has 0 unspecified atom stereocenters. The van der Waals surface area contributed by atoms with Crippen LogP contribution in [-0.4, -0.2) is 17.4 Å². The number of amides is 1. The second-order valence-electron chi connectivity index (χ2n) is 8.86. The van der Waals surface area contributed by atoms with Gasteiger partial charge in [0.05, 0.1) is 11.4 Å². The van der Waals surface area contributed by atoms with Gasteiger partial charge in [0.15, 0.2) is 0 Å². The van der Waals surface area contributed by atoms with E-state index in [4.69, 9.17) is 4.98 Å². The maximum absolute atomic E-state index is 14.1. The van der Waals surface area contributed by atoms with E-state index in [2.05, 4.69) is 17.1 Å². The van der Waals surface area contributed by atoms with Crippen LogP contribution in [0.3, 0.4) is 0 Å². The summed E-state index contributed by atoms with van der Waals surface area (Å²) in [6, 6.07) is 5.65. The van der Waals surface area contributed by atoms with Crippen molar-refractivity contribution in [3.8, 4) is 0 Å². The molecule has 4 nitrogen and oxygen atoms in total. The molecule has 1 aliphatic rings. The molecule has 1 amide bonds. The van der Waals surface area contributed by atoms with E-state index in [1.807, 2.05) is 33.8 Å². The van der Waals surface area contributed by atoms with Crippen molar-refractivity contribution in [3.63, 3.8) is 0 Å². The number of rotatable bonds is 4. The fraction of sp³-hybridized carbons (Fsp3) is 0.455. The Bertz CT molecular complexity index is 905. The summed E-state index contributed by atoms with van der Waals surface area (Å²) in [6.45, 7) is 11.1. The van der Waals surface area contributed by atoms with Crippen LogP contribution in [0, 0.1) is 24.0 Å². The van der Waals surface area contributed by atoms with E-state index in [1.54, 1.807) is 0 Å². The molecule has 3 rings (SSSR count). The Kier molecular flexibility index (Phi) is 5.41. The van der Waals surface area contributed by atoms with Crippen LogP contribution in [0.25, 0.3) is 0 Å². The standard InChI is InChI=1S/C22H27F2N3O/c1-13-8-18-20(26-21(13)25-19(28)10-22(3,4)5)14(2)11-27(18)12-15-6-7-16(23)9-17(15)24/h6-9,14H,10-12H2,1-5H3,(H,25,26,28)/t14-/m0/s1. The first-order valence-corrected chi connectivity index (χ1v) is 9.54. The quantitative estimate of drug-likeness (QED) is 0.787. The number of carbonyl (C=O) groups is 1. The highest BCUT2D eigenvalue weighted by Crippen LogP contribution is 2.38. The summed E-state index contributed by atoms with van der Waals surface area (Å²) in [4.78, 5) is 19.1. The molecule has 2 heterocycles. The summed E-state index contributed by atoms with van der Waals surface area (Å²) in [5, 5.41) is 2.93. The molecular weight excluding hydrogens is 360 g/mol. The molecule has 1 aromatic carbocycles. The third kappa shape index (κ3) is 4.49. The van der Waals surface area contributed by atoms with Gasteiger partial charge in [-0.25, -0.2) is 13.8 Å². The summed E-state index contributed by atoms with van der Waals surface area (Å²) in [7, 11) is 0. The Morgan fingerprint density at radius 3 is 2.64 bits per heavy atom. The Morgan fingerprint density at radius 1 is 1.29 bits per heavy atom. The monoisotopic (exact) mass is 387 g/mol. The minimum absolute atomic E-state index is 0.0565. The molecule has 2 aromatic rings. The predicted octanol–water partition coefficient (Wildman–Crippen LogP) is 5.17. The summed E-state index contributed by atoms with van der Waals surface area (Å²) < 4.78 is 27.2. The number of aromatic nitrogens is 1. The number of aryl methyl sites for hydroxylation is 1. The van der Waals surface area contributed by atoms with Gasteiger partial charge in [-0.2, -0.15) is 0 Å². The number of nitrogens with one attached hydrogen (secondary N) is 1. The summed E-state index contributed by atoms with van der Waals surface area (Å²) in [5.41, 5.74) is 3.03. The van der Waals surface area contributed by atoms with E-state index in [9.17, 15) is 13.6 Å². The number of nitrogens with zero attached hydrogens (tertiary/aromatic N) is 2. The van der Waals surface area contributed by atoms with Crippen LogP contribution < -0.4 is 10.2 Å². The third-order valence-electron chi connectivity index (χ3n) is 4.85. The molecule has 1 aromatic heterocycles.